The number of aromatic carboxylic acids is 1. The van der Waals surface area contributed by atoms with Crippen LogP contribution in [0.3, 0.4) is 0 Å². The van der Waals surface area contributed by atoms with Crippen molar-refractivity contribution in [3.05, 3.63) is 68.7 Å². The van der Waals surface area contributed by atoms with Crippen molar-refractivity contribution in [1.29, 1.82) is 0 Å². The highest BCUT2D eigenvalue weighted by Crippen LogP contribution is 2.42. The SMILES string of the molecule is CN1C[C@@H]2C[C@H]1CN2c1c(F)cc2c(=O)c(C(=O)O)cn(-c3ccc(F)cc3F)c2c1Cl. The van der Waals surface area contributed by atoms with Gasteiger partial charge in [0, 0.05) is 37.4 Å². The first-order chi connectivity index (χ1) is 15.2. The molecule has 2 bridgehead atoms. The maximum atomic E-state index is 15.3. The smallest absolute Gasteiger partial charge is 0.341 e. The molecular weight excluding hydrogens is 447 g/mol. The summed E-state index contributed by atoms with van der Waals surface area (Å²) in [6.45, 7) is 1.25. The van der Waals surface area contributed by atoms with Crippen molar-refractivity contribution < 1.29 is 23.1 Å². The molecule has 2 aliphatic rings. The molecule has 2 fully saturated rings. The van der Waals surface area contributed by atoms with Crippen LogP contribution in [0, 0.1) is 17.5 Å². The van der Waals surface area contributed by atoms with E-state index in [-0.39, 0.29) is 39.4 Å². The average Bonchev–Trinajstić information content (AvgIpc) is 3.28. The molecule has 3 aromatic rings. The lowest BCUT2D eigenvalue weighted by Gasteiger charge is -2.34. The summed E-state index contributed by atoms with van der Waals surface area (Å²) in [4.78, 5) is 28.5. The summed E-state index contributed by atoms with van der Waals surface area (Å²) in [5.74, 6) is -4.14. The molecule has 2 atom stereocenters. The predicted molar refractivity (Wildman–Crippen MR) is 114 cm³/mol. The minimum atomic E-state index is -1.56. The Kier molecular flexibility index (Phi) is 4.72. The second-order valence-electron chi connectivity index (χ2n) is 8.20. The van der Waals surface area contributed by atoms with Gasteiger partial charge in [0.1, 0.15) is 23.0 Å². The molecule has 2 saturated heterocycles. The highest BCUT2D eigenvalue weighted by Gasteiger charge is 2.43. The van der Waals surface area contributed by atoms with E-state index in [1.54, 1.807) is 0 Å². The van der Waals surface area contributed by atoms with Gasteiger partial charge in [-0.15, -0.1) is 0 Å². The minimum Gasteiger partial charge on any atom is -0.477 e. The number of benzene rings is 2. The molecule has 1 N–H and O–H groups in total. The van der Waals surface area contributed by atoms with Gasteiger partial charge in [0.25, 0.3) is 0 Å². The van der Waals surface area contributed by atoms with Crippen LogP contribution in [-0.4, -0.2) is 52.8 Å². The molecule has 5 rings (SSSR count). The van der Waals surface area contributed by atoms with E-state index in [1.807, 2.05) is 11.9 Å². The number of hydrogen-bond donors (Lipinski definition) is 1. The number of hydrogen-bond acceptors (Lipinski definition) is 4. The van der Waals surface area contributed by atoms with Crippen LogP contribution in [-0.2, 0) is 0 Å². The summed E-state index contributed by atoms with van der Waals surface area (Å²) >= 11 is 6.64. The van der Waals surface area contributed by atoms with Crippen molar-refractivity contribution in [3.8, 4) is 5.69 Å². The quantitative estimate of drug-likeness (QED) is 0.642. The molecule has 0 spiro atoms. The van der Waals surface area contributed by atoms with E-state index in [2.05, 4.69) is 4.90 Å². The van der Waals surface area contributed by atoms with Gasteiger partial charge in [-0.3, -0.25) is 9.69 Å². The third-order valence-electron chi connectivity index (χ3n) is 6.36. The van der Waals surface area contributed by atoms with Gasteiger partial charge in [-0.1, -0.05) is 11.6 Å². The summed E-state index contributed by atoms with van der Waals surface area (Å²) in [5, 5.41) is 9.03. The highest BCUT2D eigenvalue weighted by atomic mass is 35.5. The minimum absolute atomic E-state index is 0.0236. The molecule has 0 aliphatic carbocycles. The van der Waals surface area contributed by atoms with Crippen LogP contribution in [0.4, 0.5) is 18.9 Å². The summed E-state index contributed by atoms with van der Waals surface area (Å²) in [7, 11) is 1.99. The number of pyridine rings is 1. The lowest BCUT2D eigenvalue weighted by molar-refractivity contribution is 0.0695. The van der Waals surface area contributed by atoms with Crippen LogP contribution in [0.2, 0.25) is 5.02 Å². The lowest BCUT2D eigenvalue weighted by Crippen LogP contribution is -2.45. The number of carbonyl (C=O) groups is 1. The lowest BCUT2D eigenvalue weighted by atomic mass is 10.1. The molecule has 2 aromatic carbocycles. The molecule has 3 heterocycles. The van der Waals surface area contributed by atoms with Gasteiger partial charge < -0.3 is 14.6 Å². The Balaban J connectivity index is 1.83. The monoisotopic (exact) mass is 463 g/mol. The Bertz CT molecular complexity index is 1360. The number of piperazine rings is 1. The molecule has 32 heavy (non-hydrogen) atoms. The summed E-state index contributed by atoms with van der Waals surface area (Å²) in [6, 6.07) is 3.93. The third kappa shape index (κ3) is 2.99. The van der Waals surface area contributed by atoms with Crippen molar-refractivity contribution in [3.63, 3.8) is 0 Å². The second kappa shape index (κ2) is 7.25. The second-order valence-corrected chi connectivity index (χ2v) is 8.57. The number of carboxylic acid groups (broad SMARTS) is 1. The normalized spacial score (nSPS) is 20.5. The molecule has 10 heteroatoms. The fourth-order valence-electron chi connectivity index (χ4n) is 4.83. The number of aromatic nitrogens is 1. The number of fused-ring (bicyclic) bond motifs is 3. The van der Waals surface area contributed by atoms with Crippen molar-refractivity contribution in [2.24, 2.45) is 0 Å². The zero-order valence-corrected chi connectivity index (χ0v) is 17.5. The van der Waals surface area contributed by atoms with Gasteiger partial charge in [0.05, 0.1) is 27.3 Å². The first kappa shape index (κ1) is 20.8. The number of likely N-dealkylation sites (tertiary alicyclic amines) is 1. The van der Waals surface area contributed by atoms with Crippen LogP contribution < -0.4 is 10.3 Å². The highest BCUT2D eigenvalue weighted by molar-refractivity contribution is 6.38. The Morgan fingerprint density at radius 2 is 1.88 bits per heavy atom. The van der Waals surface area contributed by atoms with Crippen molar-refractivity contribution in [1.82, 2.24) is 9.47 Å². The zero-order valence-electron chi connectivity index (χ0n) is 16.8. The molecule has 0 saturated carbocycles. The van der Waals surface area contributed by atoms with Crippen molar-refractivity contribution in [2.75, 3.05) is 25.0 Å². The van der Waals surface area contributed by atoms with Gasteiger partial charge >= 0.3 is 5.97 Å². The van der Waals surface area contributed by atoms with E-state index in [9.17, 15) is 23.5 Å². The van der Waals surface area contributed by atoms with Crippen LogP contribution in [0.1, 0.15) is 16.8 Å². The van der Waals surface area contributed by atoms with Crippen LogP contribution >= 0.6 is 11.6 Å². The van der Waals surface area contributed by atoms with Gasteiger partial charge in [-0.25, -0.2) is 18.0 Å². The van der Waals surface area contributed by atoms with E-state index in [0.717, 1.165) is 41.9 Å². The number of nitrogens with zero attached hydrogens (tertiary/aromatic N) is 3. The largest absolute Gasteiger partial charge is 0.477 e. The molecule has 0 amide bonds. The summed E-state index contributed by atoms with van der Waals surface area (Å²) < 4.78 is 44.5. The van der Waals surface area contributed by atoms with Crippen molar-refractivity contribution >= 4 is 34.2 Å². The van der Waals surface area contributed by atoms with Gasteiger partial charge in [0.15, 0.2) is 0 Å². The van der Waals surface area contributed by atoms with Crippen molar-refractivity contribution in [2.45, 2.75) is 18.5 Å². The predicted octanol–water partition coefficient (Wildman–Crippen LogP) is 3.65. The van der Waals surface area contributed by atoms with E-state index >= 15 is 4.39 Å². The summed E-state index contributed by atoms with van der Waals surface area (Å²) in [6.07, 6.45) is 1.77. The molecule has 1 aromatic heterocycles. The van der Waals surface area contributed by atoms with Crippen LogP contribution in [0.25, 0.3) is 16.6 Å². The Morgan fingerprint density at radius 3 is 2.47 bits per heavy atom. The Hall–Kier alpha value is -3.04. The standard InChI is InChI=1S/C22H17ClF3N3O3/c1-27-7-12-5-11(27)8-28(12)20-16(26)6-13-19(18(20)23)29(9-14(21(13)30)22(31)32)17-3-2-10(24)4-15(17)25/h2-4,6,9,11-12H,5,7-8H2,1H3,(H,31,32)/t11-,12-/m0/s1. The first-order valence-corrected chi connectivity index (χ1v) is 10.3. The van der Waals surface area contributed by atoms with Crippen LogP contribution in [0.15, 0.2) is 35.3 Å². The average molecular weight is 464 g/mol. The van der Waals surface area contributed by atoms with E-state index in [0.29, 0.717) is 12.6 Å². The van der Waals surface area contributed by atoms with E-state index < -0.39 is 34.4 Å². The maximum Gasteiger partial charge on any atom is 0.341 e. The van der Waals surface area contributed by atoms with Gasteiger partial charge in [-0.05, 0) is 31.7 Å². The fraction of sp³-hybridized carbons (Fsp3) is 0.273. The van der Waals surface area contributed by atoms with E-state index in [4.69, 9.17) is 11.6 Å². The Morgan fingerprint density at radius 1 is 1.12 bits per heavy atom. The summed E-state index contributed by atoms with van der Waals surface area (Å²) in [5.41, 5.74) is -1.81. The maximum absolute atomic E-state index is 15.3. The van der Waals surface area contributed by atoms with Gasteiger partial charge in [0.2, 0.25) is 5.43 Å². The number of anilines is 1. The van der Waals surface area contributed by atoms with Gasteiger partial charge in [-0.2, -0.15) is 0 Å². The fourth-order valence-corrected chi connectivity index (χ4v) is 5.22. The molecule has 166 valence electrons. The van der Waals surface area contributed by atoms with E-state index in [1.165, 1.54) is 0 Å². The molecule has 2 aliphatic heterocycles. The Labute approximate surface area is 185 Å². The number of carboxylic acids is 1. The molecule has 6 nitrogen and oxygen atoms in total. The molecule has 0 unspecified atom stereocenters. The topological polar surface area (TPSA) is 65.8 Å². The number of rotatable bonds is 3. The van der Waals surface area contributed by atoms with Crippen LogP contribution in [0.5, 0.6) is 0 Å². The number of likely N-dealkylation sites (N-methyl/N-ethyl adjacent to an activating group) is 1. The zero-order chi connectivity index (χ0) is 22.9. The molecule has 0 radical (unpaired) electrons. The molecular formula is C22H17ClF3N3O3. The third-order valence-corrected chi connectivity index (χ3v) is 6.72. The number of halogens is 4. The first-order valence-electron chi connectivity index (χ1n) is 9.90.